The van der Waals surface area contributed by atoms with Crippen molar-refractivity contribution in [3.05, 3.63) is 29.1 Å². The van der Waals surface area contributed by atoms with Gasteiger partial charge in [0.25, 0.3) is 0 Å². The predicted molar refractivity (Wildman–Crippen MR) is 97.7 cm³/mol. The fourth-order valence-corrected chi connectivity index (χ4v) is 3.73. The van der Waals surface area contributed by atoms with Gasteiger partial charge in [-0.3, -0.25) is 16.1 Å². The van der Waals surface area contributed by atoms with Crippen LogP contribution >= 0.6 is 0 Å². The minimum atomic E-state index is -1.09. The summed E-state index contributed by atoms with van der Waals surface area (Å²) >= 11 is 0. The number of nitrogens with two attached hydrogens (primary N) is 2. The second-order valence-electron chi connectivity index (χ2n) is 8.35. The Bertz CT molecular complexity index is 724. The van der Waals surface area contributed by atoms with E-state index < -0.39 is 11.6 Å². The van der Waals surface area contributed by atoms with Crippen molar-refractivity contribution in [2.45, 2.75) is 57.5 Å². The van der Waals surface area contributed by atoms with Gasteiger partial charge in [0.1, 0.15) is 0 Å². The highest BCUT2D eigenvalue weighted by Crippen LogP contribution is 2.37. The summed E-state index contributed by atoms with van der Waals surface area (Å²) < 4.78 is 12.4. The maximum atomic E-state index is 6.31. The number of ether oxygens (including phenoxy) is 2. The maximum Gasteiger partial charge on any atom is 0.210 e. The molecule has 0 saturated carbocycles. The summed E-state index contributed by atoms with van der Waals surface area (Å²) in [5.41, 5.74) is 20.8. The van der Waals surface area contributed by atoms with Crippen molar-refractivity contribution >= 4 is 5.96 Å². The molecule has 1 aromatic heterocycles. The van der Waals surface area contributed by atoms with Crippen molar-refractivity contribution < 1.29 is 9.47 Å². The van der Waals surface area contributed by atoms with E-state index in [0.717, 1.165) is 56.6 Å². The predicted octanol–water partition coefficient (Wildman–Crippen LogP) is 0.611. The Balaban J connectivity index is 1.56. The van der Waals surface area contributed by atoms with Crippen LogP contribution in [0.25, 0.3) is 0 Å². The van der Waals surface area contributed by atoms with E-state index in [4.69, 9.17) is 20.9 Å². The molecule has 4 rings (SSSR count). The van der Waals surface area contributed by atoms with Crippen molar-refractivity contribution in [3.8, 4) is 0 Å². The smallest absolute Gasteiger partial charge is 0.210 e. The molecule has 3 heterocycles. The molecule has 3 aliphatic rings. The molecule has 0 radical (unpaired) electrons. The molecule has 1 saturated heterocycles. The normalized spacial score (nSPS) is 30.0. The molecule has 1 spiro atoms. The average Bonchev–Trinajstić information content (AvgIpc) is 2.94. The van der Waals surface area contributed by atoms with Crippen molar-refractivity contribution in [1.82, 2.24) is 15.8 Å². The number of nitrogens with one attached hydrogen (secondary N) is 2. The van der Waals surface area contributed by atoms with Gasteiger partial charge in [0.2, 0.25) is 11.7 Å². The topological polar surface area (TPSA) is 120 Å². The van der Waals surface area contributed by atoms with Gasteiger partial charge in [0.05, 0.1) is 13.2 Å². The van der Waals surface area contributed by atoms with Gasteiger partial charge in [-0.05, 0) is 30.9 Å². The summed E-state index contributed by atoms with van der Waals surface area (Å²) in [7, 11) is 0. The van der Waals surface area contributed by atoms with Crippen molar-refractivity contribution in [2.75, 3.05) is 13.2 Å². The van der Waals surface area contributed by atoms with Crippen LogP contribution in [0.5, 0.6) is 0 Å². The third-order valence-electron chi connectivity index (χ3n) is 5.38. The number of hydrazine groups is 1. The standard InChI is InChI=1S/C18H28N6O2/c1-16(2)10-25-17(26-11-16)6-3-4-14-12(5-7-17)8-13(9-21-14)18(20)22-15(19)23-24-18/h8-9,24H,3-7,10-11,20H2,1-2H3,(H3,19,22,23). The molecule has 1 fully saturated rings. The lowest BCUT2D eigenvalue weighted by Crippen LogP contribution is -2.50. The van der Waals surface area contributed by atoms with E-state index in [1.807, 2.05) is 0 Å². The zero-order chi connectivity index (χ0) is 18.4. The van der Waals surface area contributed by atoms with Crippen LogP contribution in [0.4, 0.5) is 0 Å². The Hall–Kier alpha value is -1.74. The molecule has 8 nitrogen and oxygen atoms in total. The molecule has 6 N–H and O–H groups in total. The van der Waals surface area contributed by atoms with E-state index in [2.05, 4.69) is 40.7 Å². The number of guanidine groups is 1. The number of nitrogens with zero attached hydrogens (tertiary/aromatic N) is 2. The number of aliphatic imine (C=N–C) groups is 1. The quantitative estimate of drug-likeness (QED) is 0.579. The number of aromatic nitrogens is 1. The van der Waals surface area contributed by atoms with Crippen molar-refractivity contribution in [1.29, 1.82) is 0 Å². The number of aryl methyl sites for hydroxylation is 2. The molecule has 2 aliphatic heterocycles. The van der Waals surface area contributed by atoms with Crippen LogP contribution in [0.15, 0.2) is 17.3 Å². The molecule has 1 unspecified atom stereocenters. The SMILES string of the molecule is CC1(C)COC2(CCCc3ncc(C4(N)N=C(N)NN4)cc3CC2)OC1. The summed E-state index contributed by atoms with van der Waals surface area (Å²) in [6.45, 7) is 5.80. The lowest BCUT2D eigenvalue weighted by Gasteiger charge is -2.44. The molecular weight excluding hydrogens is 332 g/mol. The van der Waals surface area contributed by atoms with Crippen molar-refractivity contribution in [3.63, 3.8) is 0 Å². The van der Waals surface area contributed by atoms with E-state index in [0.29, 0.717) is 0 Å². The zero-order valence-corrected chi connectivity index (χ0v) is 15.5. The van der Waals surface area contributed by atoms with Crippen LogP contribution in [0.1, 0.15) is 49.9 Å². The molecule has 1 aromatic rings. The van der Waals surface area contributed by atoms with Gasteiger partial charge in [-0.25, -0.2) is 4.99 Å². The second-order valence-corrected chi connectivity index (χ2v) is 8.35. The summed E-state index contributed by atoms with van der Waals surface area (Å²) in [4.78, 5) is 8.89. The van der Waals surface area contributed by atoms with Gasteiger partial charge in [-0.1, -0.05) is 13.8 Å². The largest absolute Gasteiger partial charge is 0.369 e. The molecule has 26 heavy (non-hydrogen) atoms. The summed E-state index contributed by atoms with van der Waals surface area (Å²) in [6, 6.07) is 2.07. The first-order valence-electron chi connectivity index (χ1n) is 9.23. The van der Waals surface area contributed by atoms with E-state index in [1.165, 1.54) is 5.56 Å². The Labute approximate surface area is 153 Å². The first-order valence-corrected chi connectivity index (χ1v) is 9.23. The van der Waals surface area contributed by atoms with Gasteiger partial charge in [0.15, 0.2) is 5.79 Å². The monoisotopic (exact) mass is 360 g/mol. The van der Waals surface area contributed by atoms with Crippen LogP contribution in [0.3, 0.4) is 0 Å². The van der Waals surface area contributed by atoms with Crippen LogP contribution in [0.2, 0.25) is 0 Å². The highest BCUT2D eigenvalue weighted by atomic mass is 16.7. The van der Waals surface area contributed by atoms with Crippen LogP contribution in [-0.4, -0.2) is 29.9 Å². The summed E-state index contributed by atoms with van der Waals surface area (Å²) in [6.07, 6.45) is 6.22. The minimum Gasteiger partial charge on any atom is -0.369 e. The number of hydrogen-bond donors (Lipinski definition) is 4. The number of rotatable bonds is 1. The van der Waals surface area contributed by atoms with Gasteiger partial charge in [-0.2, -0.15) is 5.43 Å². The summed E-state index contributed by atoms with van der Waals surface area (Å²) in [5, 5.41) is 0. The Morgan fingerprint density at radius 1 is 1.15 bits per heavy atom. The van der Waals surface area contributed by atoms with Crippen LogP contribution < -0.4 is 22.3 Å². The second kappa shape index (κ2) is 6.16. The lowest BCUT2D eigenvalue weighted by molar-refractivity contribution is -0.304. The number of fused-ring (bicyclic) bond motifs is 1. The third kappa shape index (κ3) is 3.29. The Kier molecular flexibility index (Phi) is 4.18. The number of hydrogen-bond acceptors (Lipinski definition) is 8. The fourth-order valence-electron chi connectivity index (χ4n) is 3.73. The molecule has 1 aliphatic carbocycles. The minimum absolute atomic E-state index is 0.0747. The fraction of sp³-hybridized carbons (Fsp3) is 0.667. The maximum absolute atomic E-state index is 6.31. The van der Waals surface area contributed by atoms with E-state index in [1.54, 1.807) is 6.20 Å². The lowest BCUT2D eigenvalue weighted by atomic mass is 9.89. The first-order chi connectivity index (χ1) is 12.3. The Morgan fingerprint density at radius 2 is 1.92 bits per heavy atom. The van der Waals surface area contributed by atoms with E-state index in [-0.39, 0.29) is 11.4 Å². The molecule has 1 atom stereocenters. The highest BCUT2D eigenvalue weighted by molar-refractivity contribution is 5.79. The Morgan fingerprint density at radius 3 is 2.62 bits per heavy atom. The average molecular weight is 360 g/mol. The zero-order valence-electron chi connectivity index (χ0n) is 15.5. The number of pyridine rings is 1. The van der Waals surface area contributed by atoms with Gasteiger partial charge < -0.3 is 15.2 Å². The molecular formula is C18H28N6O2. The van der Waals surface area contributed by atoms with Gasteiger partial charge in [-0.15, -0.1) is 0 Å². The molecule has 0 bridgehead atoms. The first kappa shape index (κ1) is 17.7. The molecule has 0 amide bonds. The molecule has 0 aromatic carbocycles. The van der Waals surface area contributed by atoms with Gasteiger partial charge >= 0.3 is 0 Å². The van der Waals surface area contributed by atoms with Crippen molar-refractivity contribution in [2.24, 2.45) is 21.9 Å². The third-order valence-corrected chi connectivity index (χ3v) is 5.38. The van der Waals surface area contributed by atoms with Gasteiger partial charge in [0, 0.05) is 35.7 Å². The molecule has 142 valence electrons. The highest BCUT2D eigenvalue weighted by Gasteiger charge is 2.41. The molecule has 8 heteroatoms. The van der Waals surface area contributed by atoms with E-state index >= 15 is 0 Å². The van der Waals surface area contributed by atoms with E-state index in [9.17, 15) is 0 Å². The van der Waals surface area contributed by atoms with Crippen LogP contribution in [0, 0.1) is 5.41 Å². The summed E-state index contributed by atoms with van der Waals surface area (Å²) in [5.74, 6) is -1.29. The van der Waals surface area contributed by atoms with Crippen LogP contribution in [-0.2, 0) is 28.1 Å².